The van der Waals surface area contributed by atoms with Crippen molar-refractivity contribution in [2.75, 3.05) is 13.1 Å². The molecule has 0 aliphatic carbocycles. The molecule has 2 aromatic rings. The number of nitrogens with zero attached hydrogens (tertiary/aromatic N) is 4. The highest BCUT2D eigenvalue weighted by Gasteiger charge is 2.11. The van der Waals surface area contributed by atoms with Gasteiger partial charge in [0.05, 0.1) is 6.54 Å². The molecular weight excluding hydrogens is 313 g/mol. The van der Waals surface area contributed by atoms with Crippen LogP contribution in [-0.4, -0.2) is 33.3 Å². The van der Waals surface area contributed by atoms with Gasteiger partial charge in [-0.15, -0.1) is 5.10 Å². The summed E-state index contributed by atoms with van der Waals surface area (Å²) in [6.07, 6.45) is 1.09. The fraction of sp³-hybridized carbons (Fsp3) is 0.462. The van der Waals surface area contributed by atoms with E-state index in [-0.39, 0.29) is 5.82 Å². The van der Waals surface area contributed by atoms with E-state index < -0.39 is 0 Å². The summed E-state index contributed by atoms with van der Waals surface area (Å²) >= 11 is 7.38. The molecule has 1 aromatic carbocycles. The number of benzene rings is 1. The molecule has 0 atom stereocenters. The van der Waals surface area contributed by atoms with Crippen molar-refractivity contribution in [2.24, 2.45) is 0 Å². The monoisotopic (exact) mass is 329 g/mol. The van der Waals surface area contributed by atoms with Crippen molar-refractivity contribution < 1.29 is 4.39 Å². The zero-order valence-electron chi connectivity index (χ0n) is 11.7. The van der Waals surface area contributed by atoms with Crippen LogP contribution >= 0.6 is 23.4 Å². The molecule has 0 saturated heterocycles. The number of rotatable bonds is 8. The van der Waals surface area contributed by atoms with Crippen LogP contribution in [0.5, 0.6) is 0 Å². The Morgan fingerprint density at radius 2 is 2.24 bits per heavy atom. The normalized spacial score (nSPS) is 11.0. The highest BCUT2D eigenvalue weighted by atomic mass is 35.5. The van der Waals surface area contributed by atoms with Crippen LogP contribution in [0.25, 0.3) is 0 Å². The molecule has 1 N–H and O–H groups in total. The van der Waals surface area contributed by atoms with Gasteiger partial charge in [0.2, 0.25) is 5.16 Å². The van der Waals surface area contributed by atoms with Gasteiger partial charge in [0.15, 0.2) is 0 Å². The number of nitrogens with one attached hydrogen (secondary N) is 1. The molecule has 0 aliphatic rings. The fourth-order valence-corrected chi connectivity index (χ4v) is 2.98. The van der Waals surface area contributed by atoms with E-state index in [1.165, 1.54) is 17.8 Å². The van der Waals surface area contributed by atoms with Gasteiger partial charge in [-0.1, -0.05) is 36.4 Å². The second kappa shape index (κ2) is 8.31. The summed E-state index contributed by atoms with van der Waals surface area (Å²) in [5, 5.41) is 15.9. The summed E-state index contributed by atoms with van der Waals surface area (Å²) in [4.78, 5) is 0. The van der Waals surface area contributed by atoms with Gasteiger partial charge in [0.25, 0.3) is 0 Å². The Bertz CT molecular complexity index is 557. The van der Waals surface area contributed by atoms with Gasteiger partial charge in [0.1, 0.15) is 5.82 Å². The minimum Gasteiger partial charge on any atom is -0.315 e. The third-order valence-corrected chi connectivity index (χ3v) is 4.17. The Morgan fingerprint density at radius 3 is 3.00 bits per heavy atom. The van der Waals surface area contributed by atoms with Crippen molar-refractivity contribution in [3.05, 3.63) is 34.6 Å². The zero-order valence-corrected chi connectivity index (χ0v) is 13.3. The summed E-state index contributed by atoms with van der Waals surface area (Å²) in [5.41, 5.74) is 0.475. The molecule has 21 heavy (non-hydrogen) atoms. The van der Waals surface area contributed by atoms with Crippen molar-refractivity contribution in [3.63, 3.8) is 0 Å². The standard InChI is InChI=1S/C13H17ClFN5S/c1-2-6-16-7-8-20-13(17-18-19-20)21-9-10-11(14)4-3-5-12(10)15/h3-5,16H,2,6-9H2,1H3. The number of halogens is 2. The van der Waals surface area contributed by atoms with Crippen LogP contribution in [0.1, 0.15) is 18.9 Å². The lowest BCUT2D eigenvalue weighted by molar-refractivity contribution is 0.510. The maximum atomic E-state index is 13.7. The van der Waals surface area contributed by atoms with Gasteiger partial charge in [-0.2, -0.15) is 0 Å². The molecular formula is C13H17ClFN5S. The molecule has 1 heterocycles. The third-order valence-electron chi connectivity index (χ3n) is 2.83. The SMILES string of the molecule is CCCNCCn1nnnc1SCc1c(F)cccc1Cl. The van der Waals surface area contributed by atoms with Crippen molar-refractivity contribution in [1.82, 2.24) is 25.5 Å². The predicted octanol–water partition coefficient (Wildman–Crippen LogP) is 2.76. The van der Waals surface area contributed by atoms with E-state index >= 15 is 0 Å². The minimum absolute atomic E-state index is 0.307. The summed E-state index contributed by atoms with van der Waals surface area (Å²) in [6.45, 7) is 4.56. The second-order valence-electron chi connectivity index (χ2n) is 4.42. The average molecular weight is 330 g/mol. The molecule has 5 nitrogen and oxygen atoms in total. The van der Waals surface area contributed by atoms with Crippen LogP contribution in [-0.2, 0) is 12.3 Å². The number of hydrogen-bond donors (Lipinski definition) is 1. The van der Waals surface area contributed by atoms with Crippen LogP contribution in [0.3, 0.4) is 0 Å². The molecule has 1 aromatic heterocycles. The lowest BCUT2D eigenvalue weighted by Gasteiger charge is -2.07. The van der Waals surface area contributed by atoms with Crippen LogP contribution in [0, 0.1) is 5.82 Å². The van der Waals surface area contributed by atoms with Gasteiger partial charge in [-0.25, -0.2) is 9.07 Å². The van der Waals surface area contributed by atoms with Gasteiger partial charge in [-0.05, 0) is 35.5 Å². The smallest absolute Gasteiger partial charge is 0.209 e. The molecule has 0 fully saturated rings. The number of hydrogen-bond acceptors (Lipinski definition) is 5. The first-order valence-corrected chi connectivity index (χ1v) is 8.11. The molecule has 0 aliphatic heterocycles. The van der Waals surface area contributed by atoms with Gasteiger partial charge < -0.3 is 5.32 Å². The fourth-order valence-electron chi connectivity index (χ4n) is 1.73. The van der Waals surface area contributed by atoms with E-state index in [4.69, 9.17) is 11.6 Å². The highest BCUT2D eigenvalue weighted by Crippen LogP contribution is 2.26. The topological polar surface area (TPSA) is 55.6 Å². The number of aromatic nitrogens is 4. The number of thioether (sulfide) groups is 1. The lowest BCUT2D eigenvalue weighted by Crippen LogP contribution is -2.21. The number of tetrazole rings is 1. The van der Waals surface area contributed by atoms with Crippen LogP contribution < -0.4 is 5.32 Å². The first-order chi connectivity index (χ1) is 10.2. The maximum absolute atomic E-state index is 13.7. The van der Waals surface area contributed by atoms with E-state index in [0.717, 1.165) is 19.5 Å². The second-order valence-corrected chi connectivity index (χ2v) is 5.77. The molecule has 0 unspecified atom stereocenters. The van der Waals surface area contributed by atoms with Crippen molar-refractivity contribution in [3.8, 4) is 0 Å². The Labute approximate surface area is 132 Å². The quantitative estimate of drug-likeness (QED) is 0.596. The molecule has 0 spiro atoms. The Kier molecular flexibility index (Phi) is 6.41. The third kappa shape index (κ3) is 4.66. The van der Waals surface area contributed by atoms with Crippen molar-refractivity contribution >= 4 is 23.4 Å². The average Bonchev–Trinajstić information content (AvgIpc) is 2.91. The van der Waals surface area contributed by atoms with E-state index in [1.807, 2.05) is 0 Å². The predicted molar refractivity (Wildman–Crippen MR) is 81.9 cm³/mol. The van der Waals surface area contributed by atoms with Crippen LogP contribution in [0.2, 0.25) is 5.02 Å². The first-order valence-electron chi connectivity index (χ1n) is 6.75. The molecule has 114 valence electrons. The largest absolute Gasteiger partial charge is 0.315 e. The lowest BCUT2D eigenvalue weighted by atomic mass is 10.2. The van der Waals surface area contributed by atoms with E-state index in [9.17, 15) is 4.39 Å². The zero-order chi connectivity index (χ0) is 15.1. The molecule has 8 heteroatoms. The summed E-state index contributed by atoms with van der Waals surface area (Å²) < 4.78 is 15.4. The summed E-state index contributed by atoms with van der Waals surface area (Å²) in [7, 11) is 0. The van der Waals surface area contributed by atoms with Crippen molar-refractivity contribution in [1.29, 1.82) is 0 Å². The molecule has 2 rings (SSSR count). The minimum atomic E-state index is -0.307. The summed E-state index contributed by atoms with van der Waals surface area (Å²) in [5.74, 6) is 0.0903. The van der Waals surface area contributed by atoms with Gasteiger partial charge >= 0.3 is 0 Å². The first kappa shape index (κ1) is 16.2. The summed E-state index contributed by atoms with van der Waals surface area (Å²) in [6, 6.07) is 4.67. The molecule has 0 amide bonds. The Hall–Kier alpha value is -1.18. The van der Waals surface area contributed by atoms with Gasteiger partial charge in [0, 0.05) is 22.9 Å². The molecule has 0 radical (unpaired) electrons. The molecule has 0 saturated carbocycles. The van der Waals surface area contributed by atoms with Gasteiger partial charge in [-0.3, -0.25) is 0 Å². The molecule has 0 bridgehead atoms. The highest BCUT2D eigenvalue weighted by molar-refractivity contribution is 7.98. The van der Waals surface area contributed by atoms with Crippen LogP contribution in [0.4, 0.5) is 4.39 Å². The van der Waals surface area contributed by atoms with Crippen LogP contribution in [0.15, 0.2) is 23.4 Å². The van der Waals surface area contributed by atoms with Crippen molar-refractivity contribution in [2.45, 2.75) is 30.8 Å². The van der Waals surface area contributed by atoms with E-state index in [0.29, 0.717) is 28.0 Å². The van der Waals surface area contributed by atoms with E-state index in [2.05, 4.69) is 27.8 Å². The Balaban J connectivity index is 1.93. The Morgan fingerprint density at radius 1 is 1.38 bits per heavy atom. The maximum Gasteiger partial charge on any atom is 0.209 e. The van der Waals surface area contributed by atoms with E-state index in [1.54, 1.807) is 16.8 Å².